The van der Waals surface area contributed by atoms with Gasteiger partial charge in [-0.25, -0.2) is 0 Å². The zero-order valence-electron chi connectivity index (χ0n) is 9.82. The van der Waals surface area contributed by atoms with E-state index in [1.807, 2.05) is 54.1 Å². The molecule has 0 aromatic heterocycles. The first-order chi connectivity index (χ1) is 5.12. The van der Waals surface area contributed by atoms with Crippen LogP contribution in [0.3, 0.4) is 0 Å². The van der Waals surface area contributed by atoms with Crippen LogP contribution in [-0.4, -0.2) is 12.6 Å². The van der Waals surface area contributed by atoms with Crippen LogP contribution in [-0.2, 0) is 62.0 Å². The van der Waals surface area contributed by atoms with Crippen LogP contribution >= 0.6 is 0 Å². The molecule has 0 unspecified atom stereocenters. The molecule has 0 aliphatic rings. The first-order valence-corrected chi connectivity index (χ1v) is 3.91. The molecule has 0 atom stereocenters. The largest absolute Gasteiger partial charge is 2.00 e. The van der Waals surface area contributed by atoms with Crippen molar-refractivity contribution in [3.05, 3.63) is 0 Å². The van der Waals surface area contributed by atoms with E-state index >= 15 is 0 Å². The van der Waals surface area contributed by atoms with Crippen LogP contribution in [0.2, 0.25) is 0 Å². The van der Waals surface area contributed by atoms with E-state index in [4.69, 9.17) is 0 Å². The summed E-state index contributed by atoms with van der Waals surface area (Å²) in [7, 11) is 0. The Labute approximate surface area is 126 Å². The van der Waals surface area contributed by atoms with Crippen LogP contribution in [0.1, 0.15) is 41.5 Å². The van der Waals surface area contributed by atoms with E-state index in [2.05, 4.69) is 0 Å². The third-order valence-corrected chi connectivity index (χ3v) is 0.612. The normalized spacial score (nSPS) is 9.57. The van der Waals surface area contributed by atoms with Gasteiger partial charge in [0.1, 0.15) is 0 Å². The SMILES string of the molecule is CC(C)(C)[C-]=O.CC(C)(C)[C-]=O.[Zr+2].[Zr]. The van der Waals surface area contributed by atoms with E-state index in [1.54, 1.807) is 0 Å². The second-order valence-electron chi connectivity index (χ2n) is 4.70. The van der Waals surface area contributed by atoms with Gasteiger partial charge in [-0.05, 0) is 0 Å². The third-order valence-electron chi connectivity index (χ3n) is 0.612. The fourth-order valence-corrected chi connectivity index (χ4v) is 0. The maximum atomic E-state index is 9.70. The van der Waals surface area contributed by atoms with Crippen molar-refractivity contribution in [2.45, 2.75) is 41.5 Å². The molecule has 0 aliphatic heterocycles. The molecular formula is C10H18O2Zr2. The number of rotatable bonds is 0. The molecule has 0 aromatic rings. The Hall–Kier alpha value is 1.11. The van der Waals surface area contributed by atoms with E-state index in [-0.39, 0.29) is 63.2 Å². The van der Waals surface area contributed by atoms with Crippen molar-refractivity contribution >= 4 is 12.6 Å². The van der Waals surface area contributed by atoms with Gasteiger partial charge in [0.25, 0.3) is 0 Å². The smallest absolute Gasteiger partial charge is 0.541 e. The Bertz CT molecular complexity index is 125. The summed E-state index contributed by atoms with van der Waals surface area (Å²) in [5.41, 5.74) is -0.528. The molecule has 0 fully saturated rings. The predicted molar refractivity (Wildman–Crippen MR) is 50.3 cm³/mol. The zero-order chi connectivity index (χ0) is 10.4. The molecule has 0 rings (SSSR count). The summed E-state index contributed by atoms with van der Waals surface area (Å²) in [6.07, 6.45) is 3.71. The quantitative estimate of drug-likeness (QED) is 0.627. The van der Waals surface area contributed by atoms with E-state index in [1.165, 1.54) is 0 Å². The van der Waals surface area contributed by atoms with Crippen molar-refractivity contribution in [3.63, 3.8) is 0 Å². The van der Waals surface area contributed by atoms with Gasteiger partial charge in [-0.3, -0.25) is 12.6 Å². The van der Waals surface area contributed by atoms with Crippen LogP contribution < -0.4 is 0 Å². The summed E-state index contributed by atoms with van der Waals surface area (Å²) in [5, 5.41) is 0. The van der Waals surface area contributed by atoms with Gasteiger partial charge in [0.2, 0.25) is 0 Å². The number of carbonyl (C=O) groups excluding carboxylic acids is 2. The van der Waals surface area contributed by atoms with Gasteiger partial charge in [0.05, 0.1) is 0 Å². The summed E-state index contributed by atoms with van der Waals surface area (Å²) in [4.78, 5) is 19.4. The Balaban J connectivity index is -0.0000000625. The maximum absolute atomic E-state index is 9.70. The van der Waals surface area contributed by atoms with Crippen molar-refractivity contribution in [1.82, 2.24) is 0 Å². The van der Waals surface area contributed by atoms with Crippen LogP contribution in [0.15, 0.2) is 0 Å². The summed E-state index contributed by atoms with van der Waals surface area (Å²) in [5.74, 6) is 0. The molecule has 0 saturated heterocycles. The van der Waals surface area contributed by atoms with Crippen LogP contribution in [0, 0.1) is 10.8 Å². The van der Waals surface area contributed by atoms with Crippen LogP contribution in [0.4, 0.5) is 0 Å². The molecule has 0 aromatic carbocycles. The second kappa shape index (κ2) is 10.6. The monoisotopic (exact) mass is 350 g/mol. The zero-order valence-corrected chi connectivity index (χ0v) is 14.7. The van der Waals surface area contributed by atoms with Crippen molar-refractivity contribution in [3.8, 4) is 0 Å². The molecule has 78 valence electrons. The topological polar surface area (TPSA) is 34.1 Å². The van der Waals surface area contributed by atoms with Gasteiger partial charge in [-0.2, -0.15) is 0 Å². The van der Waals surface area contributed by atoms with Crippen molar-refractivity contribution in [2.24, 2.45) is 10.8 Å². The molecule has 0 heterocycles. The first-order valence-electron chi connectivity index (χ1n) is 3.91. The average Bonchev–Trinajstić information content (AvgIpc) is 1.86. The molecule has 2 nitrogen and oxygen atoms in total. The van der Waals surface area contributed by atoms with Crippen molar-refractivity contribution < 1.29 is 62.0 Å². The minimum Gasteiger partial charge on any atom is -0.541 e. The van der Waals surface area contributed by atoms with Gasteiger partial charge in [0, 0.05) is 26.2 Å². The summed E-state index contributed by atoms with van der Waals surface area (Å²) >= 11 is 0. The molecule has 0 spiro atoms. The average molecular weight is 353 g/mol. The first kappa shape index (κ1) is 24.4. The minimum atomic E-state index is -0.264. The van der Waals surface area contributed by atoms with E-state index in [9.17, 15) is 9.59 Å². The second-order valence-corrected chi connectivity index (χ2v) is 4.70. The predicted octanol–water partition coefficient (Wildman–Crippen LogP) is 2.28. The number of hydrogen-bond donors (Lipinski definition) is 0. The molecule has 0 N–H and O–H groups in total. The molecule has 0 bridgehead atoms. The summed E-state index contributed by atoms with van der Waals surface area (Å²) in [6, 6.07) is 0. The van der Waals surface area contributed by atoms with Gasteiger partial charge in [0.15, 0.2) is 0 Å². The molecule has 0 amide bonds. The Kier molecular flexibility index (Phi) is 18.5. The van der Waals surface area contributed by atoms with E-state index in [0.717, 1.165) is 0 Å². The number of hydrogen-bond acceptors (Lipinski definition) is 2. The standard InChI is InChI=1S/2C5H9O.2Zr/c2*1-5(2,3)4-6;;/h2*1-3H3;;/q2*-1;;+2. The Morgan fingerprint density at radius 2 is 0.786 bits per heavy atom. The van der Waals surface area contributed by atoms with Gasteiger partial charge in [-0.15, -0.1) is 10.8 Å². The fraction of sp³-hybridized carbons (Fsp3) is 0.800. The molecule has 0 aliphatic carbocycles. The maximum Gasteiger partial charge on any atom is 2.00 e. The summed E-state index contributed by atoms with van der Waals surface area (Å²) < 4.78 is 0. The molecule has 0 saturated carbocycles. The van der Waals surface area contributed by atoms with Crippen LogP contribution in [0.5, 0.6) is 0 Å². The fourth-order valence-electron chi connectivity index (χ4n) is 0. The molecule has 14 heavy (non-hydrogen) atoms. The van der Waals surface area contributed by atoms with Gasteiger partial charge in [-0.1, -0.05) is 41.5 Å². The summed E-state index contributed by atoms with van der Waals surface area (Å²) in [6.45, 7) is 10.9. The van der Waals surface area contributed by atoms with Gasteiger partial charge >= 0.3 is 26.2 Å². The third kappa shape index (κ3) is 38.0. The van der Waals surface area contributed by atoms with Gasteiger partial charge < -0.3 is 9.59 Å². The minimum absolute atomic E-state index is 0. The van der Waals surface area contributed by atoms with Crippen molar-refractivity contribution in [1.29, 1.82) is 0 Å². The van der Waals surface area contributed by atoms with E-state index < -0.39 is 0 Å². The molecule has 4 heteroatoms. The molecular weight excluding hydrogens is 335 g/mol. The van der Waals surface area contributed by atoms with Crippen molar-refractivity contribution in [2.75, 3.05) is 0 Å². The Morgan fingerprint density at radius 3 is 0.786 bits per heavy atom. The molecule has 0 radical (unpaired) electrons. The Morgan fingerprint density at radius 1 is 0.714 bits per heavy atom. The van der Waals surface area contributed by atoms with E-state index in [0.29, 0.717) is 0 Å². The van der Waals surface area contributed by atoms with Crippen LogP contribution in [0.25, 0.3) is 0 Å².